The van der Waals surface area contributed by atoms with Crippen molar-refractivity contribution in [2.24, 2.45) is 0 Å². The second kappa shape index (κ2) is 6.84. The Morgan fingerprint density at radius 2 is 1.79 bits per heavy atom. The third-order valence-electron chi connectivity index (χ3n) is 3.91. The van der Waals surface area contributed by atoms with E-state index in [1.807, 2.05) is 75.6 Å². The number of aromatic nitrogens is 3. The molecule has 0 amide bonds. The summed E-state index contributed by atoms with van der Waals surface area (Å²) in [5.41, 5.74) is 2.73. The van der Waals surface area contributed by atoms with E-state index in [1.54, 1.807) is 4.57 Å². The summed E-state index contributed by atoms with van der Waals surface area (Å²) in [6.45, 7) is 3.39. The van der Waals surface area contributed by atoms with Gasteiger partial charge >= 0.3 is 5.69 Å². The van der Waals surface area contributed by atoms with Gasteiger partial charge in [0.2, 0.25) is 0 Å². The maximum atomic E-state index is 12.9. The first-order valence-corrected chi connectivity index (χ1v) is 8.03. The number of hydrogen-bond donors (Lipinski definition) is 0. The van der Waals surface area contributed by atoms with Gasteiger partial charge in [-0.3, -0.25) is 4.57 Å². The average Bonchev–Trinajstić information content (AvgIpc) is 2.90. The second-order valence-electron chi connectivity index (χ2n) is 6.18. The van der Waals surface area contributed by atoms with Crippen LogP contribution in [0.5, 0.6) is 0 Å². The minimum Gasteiger partial charge on any atom is -0.308 e. The largest absolute Gasteiger partial charge is 0.351 e. The monoisotopic (exact) mass is 322 g/mol. The van der Waals surface area contributed by atoms with E-state index in [0.29, 0.717) is 12.4 Å². The maximum absolute atomic E-state index is 12.9. The molecule has 1 aromatic heterocycles. The lowest BCUT2D eigenvalue weighted by Gasteiger charge is -2.10. The predicted molar refractivity (Wildman–Crippen MR) is 96.6 cm³/mol. The van der Waals surface area contributed by atoms with Crippen LogP contribution in [0.2, 0.25) is 0 Å². The van der Waals surface area contributed by atoms with Crippen LogP contribution in [0.4, 0.5) is 0 Å². The summed E-state index contributed by atoms with van der Waals surface area (Å²) >= 11 is 0. The number of aryl methyl sites for hydroxylation is 1. The molecular formula is C19H22N4O. The van der Waals surface area contributed by atoms with Crippen LogP contribution in [0.25, 0.3) is 17.1 Å². The molecule has 0 radical (unpaired) electrons. The van der Waals surface area contributed by atoms with Crippen molar-refractivity contribution in [3.05, 3.63) is 70.6 Å². The molecule has 5 heteroatoms. The minimum atomic E-state index is -0.110. The third kappa shape index (κ3) is 3.31. The van der Waals surface area contributed by atoms with Gasteiger partial charge in [-0.05, 0) is 38.7 Å². The number of nitrogens with zero attached hydrogens (tertiary/aromatic N) is 4. The summed E-state index contributed by atoms with van der Waals surface area (Å²) in [6, 6.07) is 17.7. The highest BCUT2D eigenvalue weighted by Crippen LogP contribution is 2.17. The van der Waals surface area contributed by atoms with Crippen molar-refractivity contribution in [2.75, 3.05) is 20.6 Å². The van der Waals surface area contributed by atoms with Gasteiger partial charge in [0.05, 0.1) is 5.69 Å². The molecular weight excluding hydrogens is 300 g/mol. The molecule has 124 valence electrons. The van der Waals surface area contributed by atoms with Crippen molar-refractivity contribution in [3.8, 4) is 17.1 Å². The van der Waals surface area contributed by atoms with Crippen LogP contribution in [0.3, 0.4) is 0 Å². The molecule has 0 atom stereocenters. The van der Waals surface area contributed by atoms with Crippen molar-refractivity contribution in [1.29, 1.82) is 0 Å². The molecule has 0 aliphatic rings. The summed E-state index contributed by atoms with van der Waals surface area (Å²) < 4.78 is 3.24. The Bertz CT molecular complexity index is 878. The van der Waals surface area contributed by atoms with Crippen LogP contribution in [0.1, 0.15) is 5.56 Å². The van der Waals surface area contributed by atoms with Gasteiger partial charge in [-0.2, -0.15) is 4.68 Å². The van der Waals surface area contributed by atoms with E-state index in [2.05, 4.69) is 10.00 Å². The molecule has 0 bridgehead atoms. The molecule has 0 aliphatic carbocycles. The first kappa shape index (κ1) is 16.2. The summed E-state index contributed by atoms with van der Waals surface area (Å²) in [5, 5.41) is 4.62. The normalized spacial score (nSPS) is 11.2. The Morgan fingerprint density at radius 1 is 1.04 bits per heavy atom. The van der Waals surface area contributed by atoms with Crippen molar-refractivity contribution >= 4 is 0 Å². The Balaban J connectivity index is 2.13. The molecule has 0 spiro atoms. The van der Waals surface area contributed by atoms with Gasteiger partial charge in [0, 0.05) is 18.7 Å². The Kier molecular flexibility index (Phi) is 4.62. The summed E-state index contributed by atoms with van der Waals surface area (Å²) in [5.74, 6) is 0.698. The first-order valence-electron chi connectivity index (χ1n) is 8.03. The number of benzene rings is 2. The summed E-state index contributed by atoms with van der Waals surface area (Å²) in [6.07, 6.45) is 0. The van der Waals surface area contributed by atoms with Crippen molar-refractivity contribution in [1.82, 2.24) is 19.2 Å². The Hall–Kier alpha value is -2.66. The molecule has 3 aromatic rings. The Morgan fingerprint density at radius 3 is 2.46 bits per heavy atom. The molecule has 0 saturated heterocycles. The van der Waals surface area contributed by atoms with E-state index in [1.165, 1.54) is 4.68 Å². The average molecular weight is 322 g/mol. The predicted octanol–water partition coefficient (Wildman–Crippen LogP) is 2.57. The van der Waals surface area contributed by atoms with E-state index in [-0.39, 0.29) is 5.69 Å². The number of rotatable bonds is 5. The van der Waals surface area contributed by atoms with Crippen molar-refractivity contribution in [3.63, 3.8) is 0 Å². The molecule has 0 aliphatic heterocycles. The van der Waals surface area contributed by atoms with E-state index in [9.17, 15) is 4.79 Å². The third-order valence-corrected chi connectivity index (χ3v) is 3.91. The fraction of sp³-hybridized carbons (Fsp3) is 0.263. The molecule has 0 saturated carbocycles. The smallest absolute Gasteiger partial charge is 0.308 e. The molecule has 0 fully saturated rings. The van der Waals surface area contributed by atoms with E-state index >= 15 is 0 Å². The number of likely N-dealkylation sites (N-methyl/N-ethyl adjacent to an activating group) is 1. The Labute approximate surface area is 141 Å². The van der Waals surface area contributed by atoms with Gasteiger partial charge in [-0.1, -0.05) is 42.5 Å². The van der Waals surface area contributed by atoms with E-state index in [0.717, 1.165) is 23.4 Å². The van der Waals surface area contributed by atoms with Gasteiger partial charge < -0.3 is 4.90 Å². The lowest BCUT2D eigenvalue weighted by Crippen LogP contribution is -2.28. The molecule has 24 heavy (non-hydrogen) atoms. The van der Waals surface area contributed by atoms with Crippen LogP contribution in [0.15, 0.2) is 59.4 Å². The minimum absolute atomic E-state index is 0.110. The topological polar surface area (TPSA) is 43.1 Å². The highest BCUT2D eigenvalue weighted by atomic mass is 16.2. The summed E-state index contributed by atoms with van der Waals surface area (Å²) in [4.78, 5) is 15.0. The van der Waals surface area contributed by atoms with Crippen molar-refractivity contribution in [2.45, 2.75) is 13.5 Å². The van der Waals surface area contributed by atoms with Crippen LogP contribution in [0, 0.1) is 6.92 Å². The van der Waals surface area contributed by atoms with Crippen LogP contribution < -0.4 is 5.69 Å². The maximum Gasteiger partial charge on any atom is 0.351 e. The molecule has 5 nitrogen and oxygen atoms in total. The lowest BCUT2D eigenvalue weighted by molar-refractivity contribution is 0.381. The SMILES string of the molecule is Cc1cccc(-n2nc(-c3ccccc3)n(CCN(C)C)c2=O)c1. The summed E-state index contributed by atoms with van der Waals surface area (Å²) in [7, 11) is 4.00. The van der Waals surface area contributed by atoms with Gasteiger partial charge in [0.15, 0.2) is 5.82 Å². The molecule has 3 rings (SSSR count). The van der Waals surface area contributed by atoms with Gasteiger partial charge in [0.25, 0.3) is 0 Å². The van der Waals surface area contributed by atoms with Crippen molar-refractivity contribution < 1.29 is 0 Å². The van der Waals surface area contributed by atoms with Crippen LogP contribution >= 0.6 is 0 Å². The molecule has 0 N–H and O–H groups in total. The fourth-order valence-electron chi connectivity index (χ4n) is 2.63. The first-order chi connectivity index (χ1) is 11.6. The van der Waals surface area contributed by atoms with Crippen LogP contribution in [-0.2, 0) is 6.54 Å². The quantitative estimate of drug-likeness (QED) is 0.725. The van der Waals surface area contributed by atoms with Gasteiger partial charge in [-0.15, -0.1) is 5.10 Å². The standard InChI is InChI=1S/C19H22N4O/c1-15-8-7-11-17(14-15)23-19(24)22(13-12-21(2)3)18(20-23)16-9-5-4-6-10-16/h4-11,14H,12-13H2,1-3H3. The second-order valence-corrected chi connectivity index (χ2v) is 6.18. The molecule has 1 heterocycles. The zero-order valence-electron chi connectivity index (χ0n) is 14.3. The van der Waals surface area contributed by atoms with E-state index in [4.69, 9.17) is 0 Å². The fourth-order valence-corrected chi connectivity index (χ4v) is 2.63. The zero-order valence-corrected chi connectivity index (χ0v) is 14.3. The highest BCUT2D eigenvalue weighted by Gasteiger charge is 2.16. The van der Waals surface area contributed by atoms with E-state index < -0.39 is 0 Å². The molecule has 2 aromatic carbocycles. The van der Waals surface area contributed by atoms with Gasteiger partial charge in [0.1, 0.15) is 0 Å². The highest BCUT2D eigenvalue weighted by molar-refractivity contribution is 5.55. The number of hydrogen-bond acceptors (Lipinski definition) is 3. The molecule has 0 unspecified atom stereocenters. The zero-order chi connectivity index (χ0) is 17.1. The van der Waals surface area contributed by atoms with Gasteiger partial charge in [-0.25, -0.2) is 4.79 Å². The van der Waals surface area contributed by atoms with Crippen LogP contribution in [-0.4, -0.2) is 39.9 Å². The lowest BCUT2D eigenvalue weighted by atomic mass is 10.2.